The smallest absolute Gasteiger partial charge is 0.413 e. The highest BCUT2D eigenvalue weighted by atomic mass is 16.6. The quantitative estimate of drug-likeness (QED) is 0.902. The van der Waals surface area contributed by atoms with Crippen molar-refractivity contribution in [2.45, 2.75) is 56.9 Å². The first-order valence-electron chi connectivity index (χ1n) is 7.32. The predicted octanol–water partition coefficient (Wildman–Crippen LogP) is 3.05. The summed E-state index contributed by atoms with van der Waals surface area (Å²) in [6, 6.07) is 9.71. The van der Waals surface area contributed by atoms with Gasteiger partial charge in [-0.2, -0.15) is 0 Å². The number of hydrogen-bond acceptors (Lipinski definition) is 3. The Bertz CT molecular complexity index is 492. The number of rotatable bonds is 2. The highest BCUT2D eigenvalue weighted by molar-refractivity contribution is 5.72. The SMILES string of the molecule is C[C@@]1(O)N(Cc2ccccc2)C(=O)OC12CCCCC2. The molecule has 1 atom stereocenters. The number of hydrogen-bond donors (Lipinski definition) is 1. The molecule has 20 heavy (non-hydrogen) atoms. The van der Waals surface area contributed by atoms with Crippen LogP contribution in [0.2, 0.25) is 0 Å². The summed E-state index contributed by atoms with van der Waals surface area (Å²) in [4.78, 5) is 13.7. The van der Waals surface area contributed by atoms with E-state index < -0.39 is 17.4 Å². The Morgan fingerprint density at radius 3 is 2.50 bits per heavy atom. The summed E-state index contributed by atoms with van der Waals surface area (Å²) in [6.07, 6.45) is 4.24. The molecule has 0 radical (unpaired) electrons. The van der Waals surface area contributed by atoms with Crippen LogP contribution < -0.4 is 0 Å². The minimum absolute atomic E-state index is 0.383. The van der Waals surface area contributed by atoms with Gasteiger partial charge in [-0.3, -0.25) is 4.90 Å². The van der Waals surface area contributed by atoms with Crippen molar-refractivity contribution in [1.82, 2.24) is 4.90 Å². The van der Waals surface area contributed by atoms with Crippen molar-refractivity contribution in [3.8, 4) is 0 Å². The van der Waals surface area contributed by atoms with Gasteiger partial charge in [0.15, 0.2) is 11.3 Å². The normalized spacial score (nSPS) is 28.7. The summed E-state index contributed by atoms with van der Waals surface area (Å²) in [5, 5.41) is 10.9. The fraction of sp³-hybridized carbons (Fsp3) is 0.562. The molecule has 4 nitrogen and oxygen atoms in total. The standard InChI is InChI=1S/C16H21NO3/c1-15(19)16(10-6-3-7-11-16)20-14(18)17(15)12-13-8-4-2-5-9-13/h2,4-5,8-9,19H,3,6-7,10-12H2,1H3/t15-/m0/s1. The number of carbonyl (C=O) groups is 1. The van der Waals surface area contributed by atoms with E-state index in [1.165, 1.54) is 4.90 Å². The second kappa shape index (κ2) is 4.77. The molecule has 1 saturated carbocycles. The van der Waals surface area contributed by atoms with E-state index in [4.69, 9.17) is 4.74 Å². The van der Waals surface area contributed by atoms with Gasteiger partial charge < -0.3 is 9.84 Å². The van der Waals surface area contributed by atoms with E-state index in [1.54, 1.807) is 6.92 Å². The number of nitrogens with zero attached hydrogens (tertiary/aromatic N) is 1. The van der Waals surface area contributed by atoms with Crippen molar-refractivity contribution in [2.24, 2.45) is 0 Å². The highest BCUT2D eigenvalue weighted by Crippen LogP contribution is 2.47. The number of benzene rings is 1. The second-order valence-electron chi connectivity index (χ2n) is 6.02. The minimum atomic E-state index is -1.24. The van der Waals surface area contributed by atoms with Crippen LogP contribution in [0.4, 0.5) is 4.79 Å². The summed E-state index contributed by atoms with van der Waals surface area (Å²) in [5.41, 5.74) is -0.963. The third kappa shape index (κ3) is 1.99. The zero-order valence-corrected chi connectivity index (χ0v) is 11.8. The number of ether oxygens (including phenoxy) is 1. The zero-order valence-electron chi connectivity index (χ0n) is 11.8. The van der Waals surface area contributed by atoms with Gasteiger partial charge in [-0.15, -0.1) is 0 Å². The zero-order chi connectivity index (χ0) is 14.2. The van der Waals surface area contributed by atoms with Crippen LogP contribution in [0, 0.1) is 0 Å². The van der Waals surface area contributed by atoms with Gasteiger partial charge in [0.25, 0.3) is 0 Å². The monoisotopic (exact) mass is 275 g/mol. The molecule has 4 heteroatoms. The Balaban J connectivity index is 1.86. The molecule has 1 heterocycles. The van der Waals surface area contributed by atoms with E-state index in [9.17, 15) is 9.90 Å². The van der Waals surface area contributed by atoms with E-state index >= 15 is 0 Å². The molecular formula is C16H21NO3. The lowest BCUT2D eigenvalue weighted by Crippen LogP contribution is -2.56. The van der Waals surface area contributed by atoms with Gasteiger partial charge in [0.2, 0.25) is 0 Å². The Hall–Kier alpha value is -1.55. The van der Waals surface area contributed by atoms with Gasteiger partial charge in [-0.1, -0.05) is 36.8 Å². The van der Waals surface area contributed by atoms with Crippen LogP contribution in [0.3, 0.4) is 0 Å². The predicted molar refractivity (Wildman–Crippen MR) is 74.9 cm³/mol. The van der Waals surface area contributed by atoms with E-state index in [0.29, 0.717) is 6.54 Å². The van der Waals surface area contributed by atoms with Gasteiger partial charge in [-0.25, -0.2) is 4.79 Å². The molecule has 0 bridgehead atoms. The van der Waals surface area contributed by atoms with Crippen molar-refractivity contribution >= 4 is 6.09 Å². The molecule has 1 N–H and O–H groups in total. The van der Waals surface area contributed by atoms with Gasteiger partial charge in [0.05, 0.1) is 6.54 Å². The summed E-state index contributed by atoms with van der Waals surface area (Å²) in [5.74, 6) is 0. The van der Waals surface area contributed by atoms with Crippen LogP contribution in [0.25, 0.3) is 0 Å². The average molecular weight is 275 g/mol. The molecule has 1 aromatic rings. The number of carbonyl (C=O) groups excluding carboxylic acids is 1. The third-order valence-corrected chi connectivity index (χ3v) is 4.74. The molecular weight excluding hydrogens is 254 g/mol. The summed E-state index contributed by atoms with van der Waals surface area (Å²) in [7, 11) is 0. The molecule has 2 fully saturated rings. The second-order valence-corrected chi connectivity index (χ2v) is 6.02. The Kier molecular flexibility index (Phi) is 3.21. The Labute approximate surface area is 119 Å². The van der Waals surface area contributed by atoms with Crippen LogP contribution in [0.5, 0.6) is 0 Å². The van der Waals surface area contributed by atoms with Gasteiger partial charge in [0.1, 0.15) is 0 Å². The molecule has 0 aromatic heterocycles. The van der Waals surface area contributed by atoms with Crippen LogP contribution in [0.15, 0.2) is 30.3 Å². The first-order valence-corrected chi connectivity index (χ1v) is 7.32. The van der Waals surface area contributed by atoms with Crippen LogP contribution in [0.1, 0.15) is 44.6 Å². The lowest BCUT2D eigenvalue weighted by Gasteiger charge is -2.42. The van der Waals surface area contributed by atoms with Crippen molar-refractivity contribution in [3.05, 3.63) is 35.9 Å². The molecule has 2 aliphatic rings. The van der Waals surface area contributed by atoms with E-state index in [2.05, 4.69) is 0 Å². The molecule has 1 aliphatic carbocycles. The van der Waals surface area contributed by atoms with Crippen molar-refractivity contribution < 1.29 is 14.6 Å². The van der Waals surface area contributed by atoms with Crippen LogP contribution in [-0.4, -0.2) is 27.4 Å². The molecule has 1 aromatic carbocycles. The van der Waals surface area contributed by atoms with Gasteiger partial charge in [0, 0.05) is 0 Å². The first-order chi connectivity index (χ1) is 9.55. The molecule has 108 valence electrons. The molecule has 1 aliphatic heterocycles. The van der Waals surface area contributed by atoms with Gasteiger partial charge >= 0.3 is 6.09 Å². The van der Waals surface area contributed by atoms with Crippen molar-refractivity contribution in [1.29, 1.82) is 0 Å². The van der Waals surface area contributed by atoms with Crippen LogP contribution >= 0.6 is 0 Å². The van der Waals surface area contributed by atoms with E-state index in [1.807, 2.05) is 30.3 Å². The number of amides is 1. The Morgan fingerprint density at radius 2 is 1.85 bits per heavy atom. The maximum Gasteiger partial charge on any atom is 0.413 e. The van der Waals surface area contributed by atoms with Crippen molar-refractivity contribution in [2.75, 3.05) is 0 Å². The topological polar surface area (TPSA) is 49.8 Å². The molecule has 1 spiro atoms. The van der Waals surface area contributed by atoms with Crippen molar-refractivity contribution in [3.63, 3.8) is 0 Å². The summed E-state index contributed by atoms with van der Waals surface area (Å²) in [6.45, 7) is 2.10. The molecule has 1 amide bonds. The molecule has 3 rings (SSSR count). The largest absolute Gasteiger partial charge is 0.438 e. The van der Waals surface area contributed by atoms with Crippen LogP contribution in [-0.2, 0) is 11.3 Å². The fourth-order valence-electron chi connectivity index (χ4n) is 3.43. The summed E-state index contributed by atoms with van der Waals surface area (Å²) >= 11 is 0. The maximum atomic E-state index is 12.2. The minimum Gasteiger partial charge on any atom is -0.438 e. The first kappa shape index (κ1) is 13.4. The highest BCUT2D eigenvalue weighted by Gasteiger charge is 2.61. The number of aliphatic hydroxyl groups is 1. The fourth-order valence-corrected chi connectivity index (χ4v) is 3.43. The summed E-state index contributed by atoms with van der Waals surface area (Å²) < 4.78 is 5.63. The third-order valence-electron chi connectivity index (χ3n) is 4.74. The Morgan fingerprint density at radius 1 is 1.20 bits per heavy atom. The maximum absolute atomic E-state index is 12.2. The average Bonchev–Trinajstić information content (AvgIpc) is 2.62. The molecule has 0 unspecified atom stereocenters. The van der Waals surface area contributed by atoms with E-state index in [-0.39, 0.29) is 0 Å². The lowest BCUT2D eigenvalue weighted by atomic mass is 9.77. The lowest BCUT2D eigenvalue weighted by molar-refractivity contribution is -0.160. The van der Waals surface area contributed by atoms with E-state index in [0.717, 1.165) is 37.7 Å². The molecule has 1 saturated heterocycles. The van der Waals surface area contributed by atoms with Gasteiger partial charge in [-0.05, 0) is 38.2 Å².